The number of anilines is 1. The van der Waals surface area contributed by atoms with Gasteiger partial charge in [0.05, 0.1) is 13.2 Å². The van der Waals surface area contributed by atoms with E-state index in [2.05, 4.69) is 10.5 Å². The van der Waals surface area contributed by atoms with Crippen molar-refractivity contribution in [3.05, 3.63) is 47.7 Å². The second kappa shape index (κ2) is 8.83. The van der Waals surface area contributed by atoms with Crippen LogP contribution in [0.3, 0.4) is 0 Å². The quantitative estimate of drug-likeness (QED) is 0.799. The molecule has 1 N–H and O–H groups in total. The minimum atomic E-state index is -0.332. The molecule has 0 spiro atoms. The second-order valence-corrected chi connectivity index (χ2v) is 5.26. The van der Waals surface area contributed by atoms with Crippen molar-refractivity contribution in [2.24, 2.45) is 0 Å². The van der Waals surface area contributed by atoms with Crippen molar-refractivity contribution in [3.63, 3.8) is 0 Å². The number of hydrogen-bond acceptors (Lipinski definition) is 5. The zero-order valence-corrected chi connectivity index (χ0v) is 13.8. The molecule has 0 fully saturated rings. The van der Waals surface area contributed by atoms with E-state index in [4.69, 9.17) is 9.26 Å². The summed E-state index contributed by atoms with van der Waals surface area (Å²) in [4.78, 5) is 25.5. The number of carbonyl (C=O) groups excluding carboxylic acids is 2. The summed E-state index contributed by atoms with van der Waals surface area (Å²) in [6, 6.07) is 11.2. The summed E-state index contributed by atoms with van der Waals surface area (Å²) in [5.74, 6) is 0.367. The van der Waals surface area contributed by atoms with Gasteiger partial charge in [-0.25, -0.2) is 0 Å². The molecule has 1 aromatic heterocycles. The van der Waals surface area contributed by atoms with Crippen LogP contribution in [-0.4, -0.2) is 41.6 Å². The number of amides is 2. The molecule has 0 aliphatic heterocycles. The molecule has 7 nitrogen and oxygen atoms in total. The third-order valence-corrected chi connectivity index (χ3v) is 3.30. The molecule has 0 aliphatic rings. The molecule has 0 aliphatic carbocycles. The van der Waals surface area contributed by atoms with Gasteiger partial charge in [-0.15, -0.1) is 0 Å². The Hall–Kier alpha value is -2.67. The van der Waals surface area contributed by atoms with Gasteiger partial charge in [-0.1, -0.05) is 35.5 Å². The Morgan fingerprint density at radius 1 is 1.29 bits per heavy atom. The van der Waals surface area contributed by atoms with E-state index in [1.807, 2.05) is 37.3 Å². The average Bonchev–Trinajstić information content (AvgIpc) is 2.98. The summed E-state index contributed by atoms with van der Waals surface area (Å²) >= 11 is 0. The fourth-order valence-electron chi connectivity index (χ4n) is 2.08. The predicted molar refractivity (Wildman–Crippen MR) is 88.2 cm³/mol. The van der Waals surface area contributed by atoms with Crippen molar-refractivity contribution in [1.29, 1.82) is 0 Å². The number of carbonyl (C=O) groups is 2. The largest absolute Gasteiger partial charge is 0.367 e. The number of nitrogens with zero attached hydrogens (tertiary/aromatic N) is 2. The highest BCUT2D eigenvalue weighted by Gasteiger charge is 2.16. The Kier molecular flexibility index (Phi) is 6.51. The van der Waals surface area contributed by atoms with E-state index in [0.29, 0.717) is 24.7 Å². The molecule has 0 atom stereocenters. The highest BCUT2D eigenvalue weighted by atomic mass is 16.5. The van der Waals surface area contributed by atoms with Gasteiger partial charge in [0.2, 0.25) is 11.8 Å². The Morgan fingerprint density at radius 3 is 2.67 bits per heavy atom. The maximum absolute atomic E-state index is 12.1. The van der Waals surface area contributed by atoms with E-state index in [-0.39, 0.29) is 25.0 Å². The molecule has 128 valence electrons. The standard InChI is InChI=1S/C17H21N3O4/c1-3-20(10-16(21)18-15-9-13(2)24-19-15)17(22)12-23-11-14-7-5-4-6-8-14/h4-9H,3,10-12H2,1-2H3,(H,18,19,21). The topological polar surface area (TPSA) is 84.7 Å². The van der Waals surface area contributed by atoms with E-state index < -0.39 is 0 Å². The molecule has 2 aromatic rings. The highest BCUT2D eigenvalue weighted by Crippen LogP contribution is 2.07. The molecule has 1 aromatic carbocycles. The van der Waals surface area contributed by atoms with Crippen molar-refractivity contribution in [2.45, 2.75) is 20.5 Å². The van der Waals surface area contributed by atoms with Gasteiger partial charge in [-0.3, -0.25) is 9.59 Å². The van der Waals surface area contributed by atoms with Crippen LogP contribution in [0.2, 0.25) is 0 Å². The van der Waals surface area contributed by atoms with E-state index in [1.54, 1.807) is 13.0 Å². The van der Waals surface area contributed by atoms with Gasteiger partial charge >= 0.3 is 0 Å². The maximum Gasteiger partial charge on any atom is 0.249 e. The van der Waals surface area contributed by atoms with E-state index in [9.17, 15) is 9.59 Å². The molecule has 0 unspecified atom stereocenters. The molecule has 7 heteroatoms. The van der Waals surface area contributed by atoms with E-state index in [1.165, 1.54) is 4.90 Å². The van der Waals surface area contributed by atoms with E-state index in [0.717, 1.165) is 5.56 Å². The monoisotopic (exact) mass is 331 g/mol. The number of benzene rings is 1. The van der Waals surface area contributed by atoms with Crippen LogP contribution in [0.25, 0.3) is 0 Å². The summed E-state index contributed by atoms with van der Waals surface area (Å²) in [5.41, 5.74) is 0.993. The zero-order chi connectivity index (χ0) is 17.4. The van der Waals surface area contributed by atoms with Gasteiger partial charge in [-0.05, 0) is 19.4 Å². The minimum Gasteiger partial charge on any atom is -0.367 e. The number of nitrogens with one attached hydrogen (secondary N) is 1. The maximum atomic E-state index is 12.1. The third-order valence-electron chi connectivity index (χ3n) is 3.30. The summed E-state index contributed by atoms with van der Waals surface area (Å²) in [6.07, 6.45) is 0. The number of ether oxygens (including phenoxy) is 1. The Bertz CT molecular complexity index is 669. The van der Waals surface area contributed by atoms with Crippen molar-refractivity contribution in [3.8, 4) is 0 Å². The third kappa shape index (κ3) is 5.51. The van der Waals surface area contributed by atoms with Crippen LogP contribution in [0.5, 0.6) is 0 Å². The van der Waals surface area contributed by atoms with Crippen molar-refractivity contribution >= 4 is 17.6 Å². The normalized spacial score (nSPS) is 10.4. The van der Waals surface area contributed by atoms with Crippen LogP contribution in [0.15, 0.2) is 40.9 Å². The van der Waals surface area contributed by atoms with Gasteiger partial charge in [-0.2, -0.15) is 0 Å². The van der Waals surface area contributed by atoms with Crippen LogP contribution < -0.4 is 5.32 Å². The van der Waals surface area contributed by atoms with Gasteiger partial charge in [0.1, 0.15) is 12.4 Å². The molecule has 0 bridgehead atoms. The lowest BCUT2D eigenvalue weighted by Gasteiger charge is -2.20. The van der Waals surface area contributed by atoms with Crippen LogP contribution in [0.1, 0.15) is 18.2 Å². The zero-order valence-electron chi connectivity index (χ0n) is 13.8. The molecule has 2 amide bonds. The number of aromatic nitrogens is 1. The molecule has 24 heavy (non-hydrogen) atoms. The summed E-state index contributed by atoms with van der Waals surface area (Å²) in [5, 5.41) is 6.27. The van der Waals surface area contributed by atoms with Crippen molar-refractivity contribution in [1.82, 2.24) is 10.1 Å². The first-order chi connectivity index (χ1) is 11.6. The van der Waals surface area contributed by atoms with Crippen LogP contribution in [0, 0.1) is 6.92 Å². The van der Waals surface area contributed by atoms with Crippen LogP contribution >= 0.6 is 0 Å². The summed E-state index contributed by atoms with van der Waals surface area (Å²) in [6.45, 7) is 4.18. The van der Waals surface area contributed by atoms with Gasteiger partial charge in [0, 0.05) is 12.6 Å². The molecule has 2 rings (SSSR count). The lowest BCUT2D eigenvalue weighted by molar-refractivity contribution is -0.139. The molecular weight excluding hydrogens is 310 g/mol. The fraction of sp³-hybridized carbons (Fsp3) is 0.353. The first-order valence-corrected chi connectivity index (χ1v) is 7.71. The van der Waals surface area contributed by atoms with Crippen molar-refractivity contribution < 1.29 is 18.8 Å². The number of hydrogen-bond donors (Lipinski definition) is 1. The SMILES string of the molecule is CCN(CC(=O)Nc1cc(C)on1)C(=O)COCc1ccccc1. The minimum absolute atomic E-state index is 0.0596. The molecule has 0 saturated carbocycles. The van der Waals surface area contributed by atoms with Crippen LogP contribution in [0.4, 0.5) is 5.82 Å². The lowest BCUT2D eigenvalue weighted by Crippen LogP contribution is -2.39. The first kappa shape index (κ1) is 17.7. The molecule has 0 saturated heterocycles. The van der Waals surface area contributed by atoms with E-state index >= 15 is 0 Å². The Labute approximate surface area is 140 Å². The smallest absolute Gasteiger partial charge is 0.249 e. The lowest BCUT2D eigenvalue weighted by atomic mass is 10.2. The first-order valence-electron chi connectivity index (χ1n) is 7.71. The fourth-order valence-corrected chi connectivity index (χ4v) is 2.08. The average molecular weight is 331 g/mol. The summed E-state index contributed by atoms with van der Waals surface area (Å²) in [7, 11) is 0. The Balaban J connectivity index is 1.77. The number of rotatable bonds is 8. The number of aryl methyl sites for hydroxylation is 1. The van der Waals surface area contributed by atoms with Crippen LogP contribution in [-0.2, 0) is 20.9 Å². The molecular formula is C17H21N3O4. The van der Waals surface area contributed by atoms with Crippen molar-refractivity contribution in [2.75, 3.05) is 25.0 Å². The summed E-state index contributed by atoms with van der Waals surface area (Å²) < 4.78 is 10.3. The van der Waals surface area contributed by atoms with Gasteiger partial charge in [0.15, 0.2) is 5.82 Å². The highest BCUT2D eigenvalue weighted by molar-refractivity contribution is 5.93. The predicted octanol–water partition coefficient (Wildman–Crippen LogP) is 1.99. The van der Waals surface area contributed by atoms with Gasteiger partial charge in [0.25, 0.3) is 0 Å². The molecule has 1 heterocycles. The second-order valence-electron chi connectivity index (χ2n) is 5.26. The Morgan fingerprint density at radius 2 is 2.04 bits per heavy atom. The molecule has 0 radical (unpaired) electrons. The number of likely N-dealkylation sites (N-methyl/N-ethyl adjacent to an activating group) is 1. The van der Waals surface area contributed by atoms with Gasteiger partial charge < -0.3 is 19.5 Å².